The maximum atomic E-state index is 12.2. The quantitative estimate of drug-likeness (QED) is 0.381. The molecule has 0 spiro atoms. The molecule has 0 bridgehead atoms. The van der Waals surface area contributed by atoms with Crippen molar-refractivity contribution in [2.45, 2.75) is 6.61 Å². The standard InChI is InChI=1S/C21H13Cl2NO3/c22-15-3-9-19(20(23)11-15)21(25)10-8-17-6-7-18(27-17)13-26-16-4-1-14(12-24)2-5-16/h1-11H,13H2/b10-8+. The smallest absolute Gasteiger partial charge is 0.187 e. The summed E-state index contributed by atoms with van der Waals surface area (Å²) >= 11 is 11.9. The fraction of sp³-hybridized carbons (Fsp3) is 0.0476. The number of furan rings is 1. The third kappa shape index (κ3) is 5.01. The molecule has 6 heteroatoms. The molecule has 0 atom stereocenters. The highest BCUT2D eigenvalue weighted by molar-refractivity contribution is 6.37. The van der Waals surface area contributed by atoms with E-state index in [9.17, 15) is 4.79 Å². The number of benzene rings is 2. The van der Waals surface area contributed by atoms with Crippen molar-refractivity contribution < 1.29 is 13.9 Å². The van der Waals surface area contributed by atoms with Crippen molar-refractivity contribution in [1.82, 2.24) is 0 Å². The largest absolute Gasteiger partial charge is 0.486 e. The summed E-state index contributed by atoms with van der Waals surface area (Å²) in [5.41, 5.74) is 0.937. The summed E-state index contributed by atoms with van der Waals surface area (Å²) in [7, 11) is 0. The van der Waals surface area contributed by atoms with Crippen LogP contribution in [0.15, 0.2) is 65.1 Å². The molecule has 0 saturated carbocycles. The Morgan fingerprint density at radius 3 is 2.59 bits per heavy atom. The molecule has 0 aliphatic carbocycles. The Hall–Kier alpha value is -3.00. The van der Waals surface area contributed by atoms with E-state index in [-0.39, 0.29) is 12.4 Å². The molecule has 27 heavy (non-hydrogen) atoms. The molecule has 0 unspecified atom stereocenters. The predicted molar refractivity (Wildman–Crippen MR) is 104 cm³/mol. The number of rotatable bonds is 6. The van der Waals surface area contributed by atoms with Gasteiger partial charge in [0.25, 0.3) is 0 Å². The summed E-state index contributed by atoms with van der Waals surface area (Å²) in [6.07, 6.45) is 2.96. The van der Waals surface area contributed by atoms with Crippen molar-refractivity contribution in [3.8, 4) is 11.8 Å². The van der Waals surface area contributed by atoms with Crippen LogP contribution in [0.2, 0.25) is 10.0 Å². The molecule has 1 aromatic heterocycles. The number of carbonyl (C=O) groups is 1. The molecule has 134 valence electrons. The van der Waals surface area contributed by atoms with Crippen LogP contribution in [-0.4, -0.2) is 5.78 Å². The van der Waals surface area contributed by atoms with Crippen LogP contribution in [0.25, 0.3) is 6.08 Å². The lowest BCUT2D eigenvalue weighted by atomic mass is 10.1. The van der Waals surface area contributed by atoms with Crippen LogP contribution in [0.3, 0.4) is 0 Å². The van der Waals surface area contributed by atoms with Crippen molar-refractivity contribution in [1.29, 1.82) is 5.26 Å². The van der Waals surface area contributed by atoms with Crippen LogP contribution < -0.4 is 4.74 Å². The molecule has 4 nitrogen and oxygen atoms in total. The normalized spacial score (nSPS) is 10.7. The van der Waals surface area contributed by atoms with E-state index >= 15 is 0 Å². The minimum atomic E-state index is -0.247. The minimum Gasteiger partial charge on any atom is -0.486 e. The van der Waals surface area contributed by atoms with Gasteiger partial charge in [-0.25, -0.2) is 0 Å². The number of carbonyl (C=O) groups excluding carboxylic acids is 1. The molecule has 3 rings (SSSR count). The van der Waals surface area contributed by atoms with E-state index in [1.165, 1.54) is 12.1 Å². The maximum absolute atomic E-state index is 12.2. The first-order valence-corrected chi connectivity index (χ1v) is 8.70. The molecule has 0 amide bonds. The summed E-state index contributed by atoms with van der Waals surface area (Å²) in [4.78, 5) is 12.2. The number of ether oxygens (including phenoxy) is 1. The lowest BCUT2D eigenvalue weighted by Gasteiger charge is -2.03. The summed E-state index contributed by atoms with van der Waals surface area (Å²) < 4.78 is 11.2. The lowest BCUT2D eigenvalue weighted by Crippen LogP contribution is -1.95. The van der Waals surface area contributed by atoms with E-state index in [1.54, 1.807) is 54.6 Å². The summed E-state index contributed by atoms with van der Waals surface area (Å²) in [6.45, 7) is 0.233. The third-order valence-corrected chi connectivity index (χ3v) is 4.19. The van der Waals surface area contributed by atoms with Crippen LogP contribution in [0, 0.1) is 11.3 Å². The minimum absolute atomic E-state index is 0.233. The zero-order chi connectivity index (χ0) is 19.2. The average Bonchev–Trinajstić information content (AvgIpc) is 3.13. The SMILES string of the molecule is N#Cc1ccc(OCc2ccc(/C=C/C(=O)c3ccc(Cl)cc3Cl)o2)cc1. The van der Waals surface area contributed by atoms with E-state index in [1.807, 2.05) is 6.07 Å². The van der Waals surface area contributed by atoms with Crippen LogP contribution >= 0.6 is 23.2 Å². The predicted octanol–water partition coefficient (Wildman–Crippen LogP) is 5.93. The van der Waals surface area contributed by atoms with Gasteiger partial charge in [-0.2, -0.15) is 5.26 Å². The van der Waals surface area contributed by atoms with Gasteiger partial charge >= 0.3 is 0 Å². The Morgan fingerprint density at radius 2 is 1.89 bits per heavy atom. The van der Waals surface area contributed by atoms with Crippen LogP contribution in [0.5, 0.6) is 5.75 Å². The van der Waals surface area contributed by atoms with Crippen molar-refractivity contribution in [3.05, 3.63) is 93.4 Å². The number of nitriles is 1. The summed E-state index contributed by atoms with van der Waals surface area (Å²) in [6, 6.07) is 17.1. The zero-order valence-electron chi connectivity index (χ0n) is 14.0. The van der Waals surface area contributed by atoms with Crippen LogP contribution in [0.4, 0.5) is 0 Å². The van der Waals surface area contributed by atoms with Crippen molar-refractivity contribution >= 4 is 35.1 Å². The molecule has 2 aromatic carbocycles. The van der Waals surface area contributed by atoms with Crippen LogP contribution in [-0.2, 0) is 6.61 Å². The zero-order valence-corrected chi connectivity index (χ0v) is 15.5. The van der Waals surface area contributed by atoms with E-state index in [0.29, 0.717) is 38.4 Å². The molecule has 3 aromatic rings. The topological polar surface area (TPSA) is 63.2 Å². The highest BCUT2D eigenvalue weighted by atomic mass is 35.5. The average molecular weight is 398 g/mol. The van der Waals surface area contributed by atoms with E-state index in [4.69, 9.17) is 37.6 Å². The molecule has 1 heterocycles. The Balaban J connectivity index is 1.60. The molecule has 0 saturated heterocycles. The van der Waals surface area contributed by atoms with E-state index < -0.39 is 0 Å². The second-order valence-electron chi connectivity index (χ2n) is 5.55. The number of hydrogen-bond acceptors (Lipinski definition) is 4. The van der Waals surface area contributed by atoms with Gasteiger partial charge in [-0.15, -0.1) is 0 Å². The Kier molecular flexibility index (Phi) is 5.97. The summed E-state index contributed by atoms with van der Waals surface area (Å²) in [5.74, 6) is 1.52. The Labute approximate surface area is 166 Å². The first-order valence-electron chi connectivity index (χ1n) is 7.94. The fourth-order valence-electron chi connectivity index (χ4n) is 2.28. The number of hydrogen-bond donors (Lipinski definition) is 0. The van der Waals surface area contributed by atoms with Crippen molar-refractivity contribution in [3.63, 3.8) is 0 Å². The van der Waals surface area contributed by atoms with Gasteiger partial charge in [0.15, 0.2) is 5.78 Å². The number of ketones is 1. The highest BCUT2D eigenvalue weighted by Gasteiger charge is 2.08. The van der Waals surface area contributed by atoms with Gasteiger partial charge < -0.3 is 9.15 Å². The van der Waals surface area contributed by atoms with Gasteiger partial charge in [-0.1, -0.05) is 23.2 Å². The molecular weight excluding hydrogens is 385 g/mol. The van der Waals surface area contributed by atoms with Gasteiger partial charge in [0.05, 0.1) is 16.7 Å². The maximum Gasteiger partial charge on any atom is 0.187 e. The highest BCUT2D eigenvalue weighted by Crippen LogP contribution is 2.22. The van der Waals surface area contributed by atoms with Crippen LogP contribution in [0.1, 0.15) is 27.4 Å². The molecule has 0 fully saturated rings. The van der Waals surface area contributed by atoms with Gasteiger partial charge in [-0.05, 0) is 66.7 Å². The molecule has 0 N–H and O–H groups in total. The second-order valence-corrected chi connectivity index (χ2v) is 6.39. The first kappa shape index (κ1) is 18.8. The van der Waals surface area contributed by atoms with Crippen molar-refractivity contribution in [2.75, 3.05) is 0 Å². The van der Waals surface area contributed by atoms with Gasteiger partial charge in [-0.3, -0.25) is 4.79 Å². The van der Waals surface area contributed by atoms with E-state index in [0.717, 1.165) is 0 Å². The molecule has 0 radical (unpaired) electrons. The Morgan fingerprint density at radius 1 is 1.11 bits per heavy atom. The van der Waals surface area contributed by atoms with E-state index in [2.05, 4.69) is 0 Å². The molecule has 0 aliphatic rings. The monoisotopic (exact) mass is 397 g/mol. The van der Waals surface area contributed by atoms with Gasteiger partial charge in [0, 0.05) is 10.6 Å². The Bertz CT molecular complexity index is 1030. The first-order chi connectivity index (χ1) is 13.0. The van der Waals surface area contributed by atoms with Crippen molar-refractivity contribution in [2.24, 2.45) is 0 Å². The number of allylic oxidation sites excluding steroid dienone is 1. The fourth-order valence-corrected chi connectivity index (χ4v) is 2.78. The number of nitrogens with zero attached hydrogens (tertiary/aromatic N) is 1. The van der Waals surface area contributed by atoms with Gasteiger partial charge in [0.2, 0.25) is 0 Å². The third-order valence-electron chi connectivity index (χ3n) is 3.64. The number of halogens is 2. The lowest BCUT2D eigenvalue weighted by molar-refractivity contribution is 0.104. The van der Waals surface area contributed by atoms with Gasteiger partial charge in [0.1, 0.15) is 23.9 Å². The molecular formula is C21H13Cl2NO3. The summed E-state index contributed by atoms with van der Waals surface area (Å²) in [5, 5.41) is 9.55. The second kappa shape index (κ2) is 8.59. The molecule has 0 aliphatic heterocycles.